The molecule has 11 heterocycles. The van der Waals surface area contributed by atoms with Crippen LogP contribution in [0, 0.1) is 0 Å². The van der Waals surface area contributed by atoms with Gasteiger partial charge in [-0.1, -0.05) is 89.3 Å². The molecule has 7 N–H and O–H groups in total. The summed E-state index contributed by atoms with van der Waals surface area (Å²) in [6, 6.07) is 9.14. The fraction of sp³-hybridized carbons (Fsp3) is 0.392. The molecule has 0 spiro atoms. The number of carbonyl (C=O) groups excluding carboxylic acids is 3. The molecule has 15 rings (SSSR count). The molecule has 0 unspecified atom stereocenters. The second-order valence-electron chi connectivity index (χ2n) is 28.0. The van der Waals surface area contributed by atoms with Gasteiger partial charge in [0.15, 0.2) is 17.5 Å². The number of aromatic nitrogens is 9. The van der Waals surface area contributed by atoms with Crippen molar-refractivity contribution in [2.75, 3.05) is 147 Å². The van der Waals surface area contributed by atoms with Crippen LogP contribution in [0.2, 0.25) is 30.1 Å². The van der Waals surface area contributed by atoms with E-state index in [2.05, 4.69) is 86.8 Å². The molecule has 5 aliphatic heterocycles. The van der Waals surface area contributed by atoms with Gasteiger partial charge in [-0.05, 0) is 68.5 Å². The number of ether oxygens (including phenoxy) is 10. The molecule has 1 saturated carbocycles. The third-order valence-corrected chi connectivity index (χ3v) is 22.5. The van der Waals surface area contributed by atoms with Crippen LogP contribution in [-0.2, 0) is 33.3 Å². The smallest absolute Gasteiger partial charge is 0.282 e. The van der Waals surface area contributed by atoms with E-state index in [9.17, 15) is 23.2 Å². The highest BCUT2D eigenvalue weighted by atomic mass is 35.5. The van der Waals surface area contributed by atoms with Crippen LogP contribution in [0.3, 0.4) is 0 Å². The lowest BCUT2D eigenvalue weighted by Crippen LogP contribution is -2.56. The average molecular weight is 1740 g/mol. The minimum absolute atomic E-state index is 0.0812. The molecular weight excluding hydrogens is 1660 g/mol. The summed E-state index contributed by atoms with van der Waals surface area (Å²) < 4.78 is 82.8. The van der Waals surface area contributed by atoms with Crippen molar-refractivity contribution in [3.63, 3.8) is 0 Å². The largest absolute Gasteiger partial charge is 0.495 e. The number of amides is 3. The Hall–Kier alpha value is -10.2. The number of hydrogen-bond donors (Lipinski definition) is 7. The predicted molar refractivity (Wildman–Crippen MR) is 449 cm³/mol. The number of nitrogens with zero attached hydrogens (tertiary/aromatic N) is 11. The van der Waals surface area contributed by atoms with Crippen molar-refractivity contribution < 1.29 is 70.5 Å². The SMILES string of the molecule is C=CC(=O)N[C@H]1CCOC[C@H]1Nc1ncc2cc(-c3c(Cl)c(OC)cc(OC)c3Cl)nc(N3CC(F)(F)C3)c2n1.C=CC(=O)N[C@H]1CCOC[C@H]1Nc1ncc2cc(-c3c(Cl)c(OC)cc(OC)c3Cl)nc(N3CC(OC)C3)c2n1.C=CC(=O)N[C@H]1CCOC[C@H]1Nc1ncc2cc(-c3c(Cl)c(OC)cc(OC)c3Cl)nc(NC3CC3)c2n1. The third-order valence-electron chi connectivity index (χ3n) is 20.2. The number of benzene rings is 3. The molecule has 5 saturated heterocycles. The van der Waals surface area contributed by atoms with Gasteiger partial charge < -0.3 is 94.4 Å². The molecule has 6 aliphatic rings. The molecule has 6 aromatic heterocycles. The molecule has 0 bridgehead atoms. The Kier molecular flexibility index (Phi) is 27.5. The molecular formula is C79H84Cl6F2N18O13. The summed E-state index contributed by atoms with van der Waals surface area (Å²) in [4.78, 5) is 81.6. The zero-order valence-electron chi connectivity index (χ0n) is 65.0. The zero-order chi connectivity index (χ0) is 83.8. The molecule has 1 aliphatic carbocycles. The van der Waals surface area contributed by atoms with Crippen molar-refractivity contribution in [3.8, 4) is 68.3 Å². The normalized spacial score (nSPS) is 19.4. The van der Waals surface area contributed by atoms with Crippen LogP contribution < -0.4 is 75.4 Å². The van der Waals surface area contributed by atoms with Gasteiger partial charge in [0.1, 0.15) is 51.0 Å². The van der Waals surface area contributed by atoms with E-state index in [4.69, 9.17) is 137 Å². The molecule has 31 nitrogen and oxygen atoms in total. The number of nitrogens with one attached hydrogen (secondary N) is 7. The Bertz CT molecular complexity index is 5220. The first-order valence-electron chi connectivity index (χ1n) is 37.2. The number of carbonyl (C=O) groups is 3. The summed E-state index contributed by atoms with van der Waals surface area (Å²) in [5, 5.41) is 25.7. The van der Waals surface area contributed by atoms with Crippen molar-refractivity contribution in [3.05, 3.63) is 123 Å². The number of methoxy groups -OCH3 is 7. The van der Waals surface area contributed by atoms with E-state index in [1.807, 2.05) is 12.1 Å². The summed E-state index contributed by atoms with van der Waals surface area (Å²) in [5.74, 6) is 1.10. The van der Waals surface area contributed by atoms with Crippen LogP contribution in [-0.4, -0.2) is 232 Å². The van der Waals surface area contributed by atoms with Crippen molar-refractivity contribution in [1.82, 2.24) is 60.8 Å². The number of rotatable bonds is 26. The predicted octanol–water partition coefficient (Wildman–Crippen LogP) is 12.5. The summed E-state index contributed by atoms with van der Waals surface area (Å²) >= 11 is 40.0. The van der Waals surface area contributed by atoms with Gasteiger partial charge in [-0.25, -0.2) is 53.6 Å². The lowest BCUT2D eigenvalue weighted by atomic mass is 10.0. The van der Waals surface area contributed by atoms with Gasteiger partial charge >= 0.3 is 0 Å². The average Bonchev–Trinajstić information content (AvgIpc) is 0.966. The minimum Gasteiger partial charge on any atom is -0.495 e. The Balaban J connectivity index is 0.000000154. The molecule has 6 atom stereocenters. The molecule has 0 radical (unpaired) electrons. The summed E-state index contributed by atoms with van der Waals surface area (Å²) in [7, 11) is 10.7. The number of halogens is 8. The lowest BCUT2D eigenvalue weighted by Gasteiger charge is -2.40. The van der Waals surface area contributed by atoms with Gasteiger partial charge in [0.25, 0.3) is 5.92 Å². The van der Waals surface area contributed by atoms with Crippen molar-refractivity contribution in [2.24, 2.45) is 0 Å². The molecule has 624 valence electrons. The van der Waals surface area contributed by atoms with E-state index < -0.39 is 19.0 Å². The Morgan fingerprint density at radius 1 is 0.441 bits per heavy atom. The van der Waals surface area contributed by atoms with E-state index in [1.54, 1.807) is 50.0 Å². The summed E-state index contributed by atoms with van der Waals surface area (Å²) in [5.41, 5.74) is 4.28. The van der Waals surface area contributed by atoms with Crippen LogP contribution >= 0.6 is 69.6 Å². The molecule has 9 aromatic rings. The Labute approximate surface area is 706 Å². The van der Waals surface area contributed by atoms with Gasteiger partial charge in [0, 0.05) is 116 Å². The van der Waals surface area contributed by atoms with Crippen molar-refractivity contribution in [1.29, 1.82) is 0 Å². The van der Waals surface area contributed by atoms with Crippen LogP contribution in [0.15, 0.2) is 93.0 Å². The molecule has 3 amide bonds. The minimum atomic E-state index is -2.86. The quantitative estimate of drug-likeness (QED) is 0.0248. The first-order chi connectivity index (χ1) is 56.9. The maximum Gasteiger partial charge on any atom is 0.282 e. The van der Waals surface area contributed by atoms with Gasteiger partial charge in [0.2, 0.25) is 35.6 Å². The number of anilines is 6. The maximum atomic E-state index is 13.9. The van der Waals surface area contributed by atoms with Gasteiger partial charge in [-0.2, -0.15) is 0 Å². The van der Waals surface area contributed by atoms with Crippen LogP contribution in [0.4, 0.5) is 44.1 Å². The van der Waals surface area contributed by atoms with Crippen LogP contribution in [0.5, 0.6) is 34.5 Å². The van der Waals surface area contributed by atoms with Crippen LogP contribution in [0.25, 0.3) is 66.5 Å². The molecule has 3 aromatic carbocycles. The van der Waals surface area contributed by atoms with E-state index in [1.165, 1.54) is 65.8 Å². The molecule has 6 fully saturated rings. The van der Waals surface area contributed by atoms with Gasteiger partial charge in [-0.15, -0.1) is 0 Å². The number of hydrogen-bond acceptors (Lipinski definition) is 28. The van der Waals surface area contributed by atoms with Crippen molar-refractivity contribution in [2.45, 2.75) is 86.4 Å². The molecule has 118 heavy (non-hydrogen) atoms. The molecule has 39 heteroatoms. The second kappa shape index (κ2) is 37.8. The number of alkyl halides is 2. The Morgan fingerprint density at radius 2 is 0.763 bits per heavy atom. The first kappa shape index (κ1) is 85.7. The van der Waals surface area contributed by atoms with Crippen LogP contribution in [0.1, 0.15) is 32.1 Å². The monoisotopic (exact) mass is 1740 g/mol. The maximum absolute atomic E-state index is 13.9. The van der Waals surface area contributed by atoms with Gasteiger partial charge in [0.05, 0.1) is 165 Å². The standard InChI is InChI=1S/C27H30Cl2N6O5.C26H26Cl2F2N6O4.C26H28Cl2N6O4/c1-5-21(36)31-16-6-7-40-13-18(16)33-27-30-10-14-8-17(22-23(28)19(38-3)9-20(39-4)24(22)29)32-26(25(14)34-27)35-11-15(12-35)37-2;1-4-19(37)32-14-5-6-40-10-16(14)34-25-31-9-13-7-15(20-21(27)17(38-2)8-18(39-3)22(20)28)33-24(23(13)35-25)36-11-26(29,30)12-36;1-4-20(35)31-15-7-8-38-12-17(15)33-26-29-11-13-9-16(32-25(24(13)34-26)30-14-5-6-14)21-22(27)18(36-2)10-19(37-3)23(21)28/h5,8-10,15-16,18H,1,6-7,11-13H2,2-4H3,(H,31,36)(H,30,33,34);4,7-9,14,16H,1,5-6,10-12H2,2-3H3,(H,32,37)(H,31,34,35);4,9-11,14-15,17H,1,5-8,12H2,2-3H3,(H,30,32)(H,31,35)(H,29,33,34)/t16-,18+;14-,16+;15-,17+/m000/s1. The number of pyridine rings is 3. The summed E-state index contributed by atoms with van der Waals surface area (Å²) in [6.07, 6.45) is 12.8. The third kappa shape index (κ3) is 19.1. The van der Waals surface area contributed by atoms with E-state index in [-0.39, 0.29) is 81.9 Å². The summed E-state index contributed by atoms with van der Waals surface area (Å²) in [6.45, 7) is 13.5. The zero-order valence-corrected chi connectivity index (χ0v) is 69.6. The lowest BCUT2D eigenvalue weighted by molar-refractivity contribution is -0.118. The van der Waals surface area contributed by atoms with Gasteiger partial charge in [-0.3, -0.25) is 14.4 Å². The Morgan fingerprint density at radius 3 is 1.08 bits per heavy atom. The fourth-order valence-electron chi connectivity index (χ4n) is 13.8. The van der Waals surface area contributed by atoms with Crippen molar-refractivity contribution >= 4 is 155 Å². The van der Waals surface area contributed by atoms with E-state index in [0.29, 0.717) is 212 Å². The highest BCUT2D eigenvalue weighted by molar-refractivity contribution is 6.42. The topological polar surface area (TPSA) is 350 Å². The van der Waals surface area contributed by atoms with E-state index in [0.717, 1.165) is 23.6 Å². The first-order valence-corrected chi connectivity index (χ1v) is 39.5. The number of fused-ring (bicyclic) bond motifs is 3. The highest BCUT2D eigenvalue weighted by Gasteiger charge is 2.46. The second-order valence-corrected chi connectivity index (χ2v) is 30.2. The van der Waals surface area contributed by atoms with E-state index >= 15 is 0 Å². The highest BCUT2D eigenvalue weighted by Crippen LogP contribution is 2.51. The fourth-order valence-corrected chi connectivity index (χ4v) is 15.9.